The van der Waals surface area contributed by atoms with Crippen LogP contribution in [-0.4, -0.2) is 17.2 Å². The summed E-state index contributed by atoms with van der Waals surface area (Å²) in [5.74, 6) is 4.70. The number of para-hydroxylation sites is 2. The Hall–Kier alpha value is -2.37. The van der Waals surface area contributed by atoms with E-state index in [0.29, 0.717) is 11.3 Å². The molecule has 1 aromatic rings. The molecule has 0 aromatic heterocycles. The molecule has 6 heteroatoms. The third-order valence-electron chi connectivity index (χ3n) is 11.8. The van der Waals surface area contributed by atoms with Crippen LogP contribution in [0.4, 0.5) is 10.5 Å². The fraction of sp³-hybridized carbons (Fsp3) is 0.735. The number of nitrogens with zero attached hydrogens (tertiary/aromatic N) is 1. The maximum Gasteiger partial charge on any atom is 0.514 e. The van der Waals surface area contributed by atoms with E-state index in [2.05, 4.69) is 40.7 Å². The quantitative estimate of drug-likeness (QED) is 0.106. The average molecular weight is 552 g/mol. The first kappa shape index (κ1) is 29.1. The third kappa shape index (κ3) is 5.44. The fourth-order valence-corrected chi connectivity index (χ4v) is 9.70. The Bertz CT molecular complexity index is 1130. The van der Waals surface area contributed by atoms with Crippen molar-refractivity contribution in [2.75, 3.05) is 0 Å². The minimum absolute atomic E-state index is 0.0766. The molecule has 220 valence electrons. The molecule has 0 N–H and O–H groups in total. The molecular weight excluding hydrogens is 502 g/mol. The lowest BCUT2D eigenvalue weighted by Gasteiger charge is -2.58. The standard InChI is InChI=1S/C34H49NO5/c1-22(2)9-8-10-23(3)27-15-16-28-26-14-13-24-21-25(17-19-33(24,4)29(26)18-20-34(27,28)5)39-32(36)40-31-12-7-6-11-30(31)35(37)38/h6-7,11-13,22-23,25-29H,8-10,14-21H2,1-5H3/t23-,25-,26+,27+,28-,29+,33-,34+/m0/s1. The lowest BCUT2D eigenvalue weighted by Crippen LogP contribution is -2.51. The predicted molar refractivity (Wildman–Crippen MR) is 157 cm³/mol. The van der Waals surface area contributed by atoms with Gasteiger partial charge in [-0.2, -0.15) is 0 Å². The Balaban J connectivity index is 1.22. The summed E-state index contributed by atoms with van der Waals surface area (Å²) in [7, 11) is 0. The Labute approximate surface area is 240 Å². The number of ether oxygens (including phenoxy) is 2. The van der Waals surface area contributed by atoms with Crippen LogP contribution in [0.25, 0.3) is 0 Å². The summed E-state index contributed by atoms with van der Waals surface area (Å²) >= 11 is 0. The molecule has 4 aliphatic rings. The van der Waals surface area contributed by atoms with E-state index in [4.69, 9.17) is 9.47 Å². The van der Waals surface area contributed by atoms with Gasteiger partial charge in [0.2, 0.25) is 5.75 Å². The fourth-order valence-electron chi connectivity index (χ4n) is 9.70. The number of rotatable bonds is 8. The summed E-state index contributed by atoms with van der Waals surface area (Å²) in [4.78, 5) is 23.3. The highest BCUT2D eigenvalue weighted by molar-refractivity contribution is 5.66. The van der Waals surface area contributed by atoms with Gasteiger partial charge in [0.25, 0.3) is 0 Å². The number of hydrogen-bond donors (Lipinski definition) is 0. The molecule has 0 aliphatic heterocycles. The van der Waals surface area contributed by atoms with Crippen LogP contribution in [0.5, 0.6) is 5.75 Å². The van der Waals surface area contributed by atoms with Crippen molar-refractivity contribution in [2.24, 2.45) is 46.3 Å². The van der Waals surface area contributed by atoms with Gasteiger partial charge in [0.05, 0.1) is 4.92 Å². The van der Waals surface area contributed by atoms with E-state index in [1.807, 2.05) is 0 Å². The number of nitro benzene ring substituents is 1. The minimum atomic E-state index is -0.856. The minimum Gasteiger partial charge on any atom is -0.430 e. The summed E-state index contributed by atoms with van der Waals surface area (Å²) in [5.41, 5.74) is 1.86. The number of carbonyl (C=O) groups excluding carboxylic acids is 1. The van der Waals surface area contributed by atoms with E-state index in [1.165, 1.54) is 62.7 Å². The van der Waals surface area contributed by atoms with Gasteiger partial charge in [0.1, 0.15) is 6.10 Å². The van der Waals surface area contributed by atoms with E-state index >= 15 is 0 Å². The normalized spacial score (nSPS) is 35.6. The Morgan fingerprint density at radius 1 is 1.05 bits per heavy atom. The number of fused-ring (bicyclic) bond motifs is 5. The molecule has 0 heterocycles. The molecule has 3 fully saturated rings. The molecule has 0 radical (unpaired) electrons. The van der Waals surface area contributed by atoms with Gasteiger partial charge in [-0.05, 0) is 97.3 Å². The smallest absolute Gasteiger partial charge is 0.430 e. The van der Waals surface area contributed by atoms with Crippen molar-refractivity contribution in [1.82, 2.24) is 0 Å². The summed E-state index contributed by atoms with van der Waals surface area (Å²) < 4.78 is 11.0. The van der Waals surface area contributed by atoms with Crippen molar-refractivity contribution < 1.29 is 19.2 Å². The molecule has 6 nitrogen and oxygen atoms in total. The Kier molecular flexibility index (Phi) is 8.37. The molecule has 1 aromatic carbocycles. The SMILES string of the molecule is CC(C)CCC[C@H](C)[C@H]1CC[C@H]2[C@H]3CC=C4C[C@@H](OC(=O)Oc5ccccc5[N+](=O)[O-])CC[C@]4(C)[C@@H]3CC[C@]12C. The van der Waals surface area contributed by atoms with E-state index in [9.17, 15) is 14.9 Å². The summed E-state index contributed by atoms with van der Waals surface area (Å²) in [6, 6.07) is 5.92. The molecule has 5 rings (SSSR count). The first-order chi connectivity index (χ1) is 19.0. The van der Waals surface area contributed by atoms with Crippen LogP contribution in [0.2, 0.25) is 0 Å². The van der Waals surface area contributed by atoms with E-state index < -0.39 is 11.1 Å². The van der Waals surface area contributed by atoms with Crippen molar-refractivity contribution in [3.63, 3.8) is 0 Å². The Morgan fingerprint density at radius 3 is 2.58 bits per heavy atom. The second-order valence-electron chi connectivity index (χ2n) is 14.3. The van der Waals surface area contributed by atoms with Crippen LogP contribution in [0.15, 0.2) is 35.9 Å². The van der Waals surface area contributed by atoms with Gasteiger partial charge >= 0.3 is 11.8 Å². The van der Waals surface area contributed by atoms with Gasteiger partial charge in [-0.15, -0.1) is 0 Å². The molecular formula is C34H49NO5. The van der Waals surface area contributed by atoms with Crippen molar-refractivity contribution in [3.8, 4) is 5.75 Å². The number of benzene rings is 1. The van der Waals surface area contributed by atoms with Gasteiger partial charge < -0.3 is 9.47 Å². The number of allylic oxidation sites excluding steroid dienone is 1. The second kappa shape index (κ2) is 11.5. The Morgan fingerprint density at radius 2 is 1.82 bits per heavy atom. The van der Waals surface area contributed by atoms with E-state index in [1.54, 1.807) is 12.1 Å². The lowest BCUT2D eigenvalue weighted by molar-refractivity contribution is -0.385. The summed E-state index contributed by atoms with van der Waals surface area (Å²) in [6.07, 6.45) is 14.6. The van der Waals surface area contributed by atoms with Crippen LogP contribution < -0.4 is 4.74 Å². The summed E-state index contributed by atoms with van der Waals surface area (Å²) in [5, 5.41) is 11.3. The molecule has 8 atom stereocenters. The van der Waals surface area contributed by atoms with Gasteiger partial charge in [-0.1, -0.05) is 77.7 Å². The van der Waals surface area contributed by atoms with Crippen molar-refractivity contribution in [1.29, 1.82) is 0 Å². The number of hydrogen-bond acceptors (Lipinski definition) is 5. The first-order valence-corrected chi connectivity index (χ1v) is 15.8. The maximum atomic E-state index is 12.6. The number of nitro groups is 1. The highest BCUT2D eigenvalue weighted by Gasteiger charge is 2.59. The highest BCUT2D eigenvalue weighted by atomic mass is 16.7. The zero-order chi connectivity index (χ0) is 28.7. The van der Waals surface area contributed by atoms with Gasteiger partial charge in [-0.25, -0.2) is 4.79 Å². The molecule has 4 aliphatic carbocycles. The molecule has 40 heavy (non-hydrogen) atoms. The largest absolute Gasteiger partial charge is 0.514 e. The monoisotopic (exact) mass is 551 g/mol. The van der Waals surface area contributed by atoms with Crippen molar-refractivity contribution >= 4 is 11.8 Å². The third-order valence-corrected chi connectivity index (χ3v) is 11.8. The molecule has 0 spiro atoms. The predicted octanol–water partition coefficient (Wildman–Crippen LogP) is 9.52. The lowest BCUT2D eigenvalue weighted by atomic mass is 9.47. The van der Waals surface area contributed by atoms with Gasteiger partial charge in [0, 0.05) is 12.5 Å². The second-order valence-corrected chi connectivity index (χ2v) is 14.3. The zero-order valence-electron chi connectivity index (χ0n) is 25.2. The van der Waals surface area contributed by atoms with Crippen LogP contribution in [0, 0.1) is 56.5 Å². The summed E-state index contributed by atoms with van der Waals surface area (Å²) in [6.45, 7) is 12.3. The zero-order valence-corrected chi connectivity index (χ0v) is 25.2. The average Bonchev–Trinajstić information content (AvgIpc) is 3.26. The molecule has 0 unspecified atom stereocenters. The van der Waals surface area contributed by atoms with Crippen molar-refractivity contribution in [2.45, 2.75) is 111 Å². The van der Waals surface area contributed by atoms with Gasteiger partial charge in [-0.3, -0.25) is 10.1 Å². The first-order valence-electron chi connectivity index (χ1n) is 15.8. The van der Waals surface area contributed by atoms with Crippen LogP contribution in [0.3, 0.4) is 0 Å². The molecule has 0 saturated heterocycles. The van der Waals surface area contributed by atoms with Crippen molar-refractivity contribution in [3.05, 3.63) is 46.0 Å². The molecule has 0 amide bonds. The topological polar surface area (TPSA) is 78.7 Å². The molecule has 3 saturated carbocycles. The van der Waals surface area contributed by atoms with E-state index in [-0.39, 0.29) is 23.0 Å². The van der Waals surface area contributed by atoms with E-state index in [0.717, 1.165) is 55.3 Å². The van der Waals surface area contributed by atoms with Crippen LogP contribution >= 0.6 is 0 Å². The van der Waals surface area contributed by atoms with Crippen LogP contribution in [-0.2, 0) is 4.74 Å². The van der Waals surface area contributed by atoms with Gasteiger partial charge in [0.15, 0.2) is 0 Å². The molecule has 0 bridgehead atoms. The van der Waals surface area contributed by atoms with Crippen LogP contribution in [0.1, 0.15) is 105 Å². The highest BCUT2D eigenvalue weighted by Crippen LogP contribution is 2.67. The number of carbonyl (C=O) groups is 1. The maximum absolute atomic E-state index is 12.6.